The highest BCUT2D eigenvalue weighted by atomic mass is 32.2. The number of carbonyl (C=O) groups is 1. The van der Waals surface area contributed by atoms with Gasteiger partial charge in [0.25, 0.3) is 0 Å². The van der Waals surface area contributed by atoms with E-state index in [9.17, 15) is 13.2 Å². The number of aromatic amines is 1. The summed E-state index contributed by atoms with van der Waals surface area (Å²) in [4.78, 5) is 21.0. The van der Waals surface area contributed by atoms with Crippen LogP contribution in [0.2, 0.25) is 0 Å². The fraction of sp³-hybridized carbons (Fsp3) is 0.429. The Balaban J connectivity index is 1.80. The van der Waals surface area contributed by atoms with Crippen LogP contribution in [0.25, 0.3) is 11.0 Å². The van der Waals surface area contributed by atoms with Gasteiger partial charge in [-0.3, -0.25) is 4.79 Å². The molecule has 1 saturated heterocycles. The zero-order valence-electron chi connectivity index (χ0n) is 12.8. The van der Waals surface area contributed by atoms with Crippen molar-refractivity contribution in [2.45, 2.75) is 4.90 Å². The van der Waals surface area contributed by atoms with Gasteiger partial charge in [-0.1, -0.05) is 0 Å². The number of likely N-dealkylation sites (N-methyl/N-ethyl adjacent to an activating group) is 1. The smallest absolute Gasteiger partial charge is 0.245 e. The molecule has 9 heteroatoms. The van der Waals surface area contributed by atoms with Crippen LogP contribution in [0, 0.1) is 0 Å². The molecule has 1 amide bonds. The van der Waals surface area contributed by atoms with Crippen molar-refractivity contribution in [2.24, 2.45) is 0 Å². The van der Waals surface area contributed by atoms with Gasteiger partial charge in [-0.2, -0.15) is 4.31 Å². The zero-order chi connectivity index (χ0) is 16.4. The van der Waals surface area contributed by atoms with E-state index in [1.54, 1.807) is 23.2 Å². The third kappa shape index (κ3) is 3.07. The number of rotatable bonds is 4. The molecule has 3 rings (SSSR count). The summed E-state index contributed by atoms with van der Waals surface area (Å²) in [5, 5.41) is 3.68. The quantitative estimate of drug-likeness (QED) is 0.792. The summed E-state index contributed by atoms with van der Waals surface area (Å²) >= 11 is 0. The first kappa shape index (κ1) is 15.9. The molecule has 23 heavy (non-hydrogen) atoms. The van der Waals surface area contributed by atoms with E-state index in [-0.39, 0.29) is 17.3 Å². The summed E-state index contributed by atoms with van der Waals surface area (Å²) in [6, 6.07) is 3.37. The monoisotopic (exact) mass is 337 g/mol. The van der Waals surface area contributed by atoms with E-state index >= 15 is 0 Å². The van der Waals surface area contributed by atoms with Crippen LogP contribution in [0.3, 0.4) is 0 Å². The number of H-pyrrole nitrogens is 1. The lowest BCUT2D eigenvalue weighted by molar-refractivity contribution is -0.131. The van der Waals surface area contributed by atoms with Crippen molar-refractivity contribution in [3.63, 3.8) is 0 Å². The summed E-state index contributed by atoms with van der Waals surface area (Å²) in [7, 11) is -2.34. The minimum atomic E-state index is -3.76. The second-order valence-corrected chi connectivity index (χ2v) is 7.46. The van der Waals surface area contributed by atoms with Crippen molar-refractivity contribution >= 4 is 27.0 Å². The fourth-order valence-corrected chi connectivity index (χ4v) is 3.87. The predicted octanol–water partition coefficient (Wildman–Crippen LogP) is -0.385. The van der Waals surface area contributed by atoms with Gasteiger partial charge >= 0.3 is 0 Å². The molecule has 0 radical (unpaired) electrons. The fourth-order valence-electron chi connectivity index (χ4n) is 2.60. The minimum Gasteiger partial charge on any atom is -0.345 e. The van der Waals surface area contributed by atoms with E-state index in [0.29, 0.717) is 24.1 Å². The van der Waals surface area contributed by atoms with Gasteiger partial charge in [-0.05, 0) is 12.1 Å². The summed E-state index contributed by atoms with van der Waals surface area (Å²) in [6.45, 7) is 2.50. The van der Waals surface area contributed by atoms with Crippen LogP contribution in [0.4, 0.5) is 0 Å². The molecule has 0 aliphatic carbocycles. The van der Waals surface area contributed by atoms with Crippen LogP contribution in [-0.4, -0.2) is 73.3 Å². The van der Waals surface area contributed by atoms with Crippen molar-refractivity contribution in [3.8, 4) is 0 Å². The number of carbonyl (C=O) groups excluding carboxylic acids is 1. The van der Waals surface area contributed by atoms with Gasteiger partial charge in [0, 0.05) is 51.0 Å². The third-order valence-electron chi connectivity index (χ3n) is 3.93. The molecule has 1 aliphatic heterocycles. The molecule has 0 atom stereocenters. The molecule has 2 aromatic heterocycles. The molecule has 0 spiro atoms. The Morgan fingerprint density at radius 3 is 2.87 bits per heavy atom. The minimum absolute atomic E-state index is 0.135. The number of nitrogens with one attached hydrogen (secondary N) is 2. The number of amides is 1. The number of hydrogen-bond donors (Lipinski definition) is 2. The van der Waals surface area contributed by atoms with E-state index < -0.39 is 10.0 Å². The molecule has 2 aromatic rings. The maximum absolute atomic E-state index is 12.7. The number of fused-ring (bicyclic) bond motifs is 1. The first-order valence-electron chi connectivity index (χ1n) is 7.37. The van der Waals surface area contributed by atoms with Crippen molar-refractivity contribution in [2.75, 3.05) is 39.8 Å². The average Bonchev–Trinajstić information content (AvgIpc) is 3.00. The molecular formula is C14H19N5O3S. The van der Waals surface area contributed by atoms with E-state index in [2.05, 4.69) is 15.3 Å². The van der Waals surface area contributed by atoms with Gasteiger partial charge in [0.2, 0.25) is 15.9 Å². The van der Waals surface area contributed by atoms with E-state index in [1.165, 1.54) is 13.2 Å². The SMILES string of the molecule is CN(CC(=O)N1CCNCC1)S(=O)(=O)c1c[nH]c2ncccc12. The Labute approximate surface area is 134 Å². The summed E-state index contributed by atoms with van der Waals surface area (Å²) in [6.07, 6.45) is 3.01. The van der Waals surface area contributed by atoms with Gasteiger partial charge in [-0.25, -0.2) is 13.4 Å². The second kappa shape index (κ2) is 6.26. The zero-order valence-corrected chi connectivity index (χ0v) is 13.6. The van der Waals surface area contributed by atoms with Crippen molar-refractivity contribution in [3.05, 3.63) is 24.5 Å². The summed E-state index contributed by atoms with van der Waals surface area (Å²) in [5.74, 6) is -0.185. The van der Waals surface area contributed by atoms with Crippen LogP contribution in [0.1, 0.15) is 0 Å². The summed E-state index contributed by atoms with van der Waals surface area (Å²) < 4.78 is 26.5. The van der Waals surface area contributed by atoms with Gasteiger partial charge in [0.05, 0.1) is 6.54 Å². The van der Waals surface area contributed by atoms with Gasteiger partial charge in [0.1, 0.15) is 10.5 Å². The third-order valence-corrected chi connectivity index (χ3v) is 5.77. The molecule has 0 bridgehead atoms. The number of aromatic nitrogens is 2. The highest BCUT2D eigenvalue weighted by Gasteiger charge is 2.28. The number of pyridine rings is 1. The molecule has 3 heterocycles. The molecule has 1 fully saturated rings. The molecule has 0 aromatic carbocycles. The van der Waals surface area contributed by atoms with Crippen LogP contribution in [0.15, 0.2) is 29.4 Å². The Kier molecular flexibility index (Phi) is 4.33. The summed E-state index contributed by atoms with van der Waals surface area (Å²) in [5.41, 5.74) is 0.507. The molecule has 0 unspecified atom stereocenters. The lowest BCUT2D eigenvalue weighted by Gasteiger charge is -2.29. The Bertz CT molecular complexity index is 811. The predicted molar refractivity (Wildman–Crippen MR) is 85.4 cm³/mol. The second-order valence-electron chi connectivity index (χ2n) is 5.44. The first-order valence-corrected chi connectivity index (χ1v) is 8.81. The van der Waals surface area contributed by atoms with Crippen molar-refractivity contribution in [1.82, 2.24) is 24.5 Å². The molecule has 124 valence electrons. The molecular weight excluding hydrogens is 318 g/mol. The van der Waals surface area contributed by atoms with Gasteiger partial charge in [0.15, 0.2) is 0 Å². The number of piperazine rings is 1. The first-order chi connectivity index (χ1) is 11.0. The number of hydrogen-bond acceptors (Lipinski definition) is 5. The van der Waals surface area contributed by atoms with E-state index in [1.807, 2.05) is 0 Å². The molecule has 0 saturated carbocycles. The maximum atomic E-state index is 12.7. The maximum Gasteiger partial charge on any atom is 0.245 e. The van der Waals surface area contributed by atoms with Crippen LogP contribution < -0.4 is 5.32 Å². The topological polar surface area (TPSA) is 98.4 Å². The Hall–Kier alpha value is -1.97. The van der Waals surface area contributed by atoms with E-state index in [4.69, 9.17) is 0 Å². The largest absolute Gasteiger partial charge is 0.345 e. The molecule has 1 aliphatic rings. The van der Waals surface area contributed by atoms with Crippen LogP contribution in [0.5, 0.6) is 0 Å². The van der Waals surface area contributed by atoms with E-state index in [0.717, 1.165) is 17.4 Å². The normalized spacial score (nSPS) is 16.2. The standard InChI is InChI=1S/C14H19N5O3S/c1-18(10-13(20)19-7-5-15-6-8-19)23(21,22)12-9-17-14-11(12)3-2-4-16-14/h2-4,9,15H,5-8,10H2,1H3,(H,16,17). The van der Waals surface area contributed by atoms with Crippen LogP contribution in [-0.2, 0) is 14.8 Å². The highest BCUT2D eigenvalue weighted by molar-refractivity contribution is 7.89. The Morgan fingerprint density at radius 1 is 1.39 bits per heavy atom. The Morgan fingerprint density at radius 2 is 2.13 bits per heavy atom. The molecule has 2 N–H and O–H groups in total. The lowest BCUT2D eigenvalue weighted by Crippen LogP contribution is -2.49. The van der Waals surface area contributed by atoms with Crippen molar-refractivity contribution < 1.29 is 13.2 Å². The van der Waals surface area contributed by atoms with Gasteiger partial charge in [-0.15, -0.1) is 0 Å². The lowest BCUT2D eigenvalue weighted by atomic mass is 10.3. The average molecular weight is 337 g/mol. The highest BCUT2D eigenvalue weighted by Crippen LogP contribution is 2.23. The molecule has 8 nitrogen and oxygen atoms in total. The number of sulfonamides is 1. The van der Waals surface area contributed by atoms with Crippen LogP contribution >= 0.6 is 0 Å². The number of nitrogens with zero attached hydrogens (tertiary/aromatic N) is 3. The van der Waals surface area contributed by atoms with Crippen molar-refractivity contribution in [1.29, 1.82) is 0 Å². The van der Waals surface area contributed by atoms with Gasteiger partial charge < -0.3 is 15.2 Å².